The highest BCUT2D eigenvalue weighted by Crippen LogP contribution is 2.42. The van der Waals surface area contributed by atoms with Gasteiger partial charge in [-0.1, -0.05) is 13.3 Å². The summed E-state index contributed by atoms with van der Waals surface area (Å²) >= 11 is 0. The van der Waals surface area contributed by atoms with Crippen LogP contribution in [-0.4, -0.2) is 17.7 Å². The van der Waals surface area contributed by atoms with E-state index in [2.05, 4.69) is 14.8 Å². The second-order valence-corrected chi connectivity index (χ2v) is 4.95. The topological polar surface area (TPSA) is 73.6 Å². The Bertz CT molecular complexity index is 538. The van der Waals surface area contributed by atoms with E-state index in [0.29, 0.717) is 12.1 Å². The predicted molar refractivity (Wildman–Crippen MR) is 76.0 cm³/mol. The Kier molecular flexibility index (Phi) is 5.01. The van der Waals surface area contributed by atoms with Crippen LogP contribution in [0.5, 0.6) is 11.5 Å². The van der Waals surface area contributed by atoms with Gasteiger partial charge in [-0.25, -0.2) is 0 Å². The molecule has 1 unspecified atom stereocenters. The van der Waals surface area contributed by atoms with Crippen LogP contribution in [-0.2, 0) is 4.79 Å². The van der Waals surface area contributed by atoms with Gasteiger partial charge in [-0.2, -0.15) is 0 Å². The van der Waals surface area contributed by atoms with E-state index in [9.17, 15) is 13.6 Å². The Morgan fingerprint density at radius 1 is 1.38 bits per heavy atom. The monoisotopic (exact) mass is 322 g/mol. The second kappa shape index (κ2) is 6.03. The van der Waals surface area contributed by atoms with Crippen LogP contribution in [0, 0.1) is 0 Å². The van der Waals surface area contributed by atoms with Crippen molar-refractivity contribution in [2.24, 2.45) is 5.73 Å². The minimum Gasteiger partial charge on any atom is -0.395 e. The summed E-state index contributed by atoms with van der Waals surface area (Å²) in [5, 5.41) is 2.58. The maximum atomic E-state index is 12.9. The summed E-state index contributed by atoms with van der Waals surface area (Å²) in [6.45, 7) is 3.54. The number of nitrogens with two attached hydrogens (primary N) is 1. The average molecular weight is 323 g/mol. The van der Waals surface area contributed by atoms with Crippen molar-refractivity contribution in [2.45, 2.75) is 38.5 Å². The van der Waals surface area contributed by atoms with Crippen molar-refractivity contribution in [1.82, 2.24) is 0 Å². The molecule has 3 N–H and O–H groups in total. The van der Waals surface area contributed by atoms with E-state index in [1.807, 2.05) is 6.92 Å². The number of amides is 1. The zero-order valence-electron chi connectivity index (χ0n) is 11.6. The van der Waals surface area contributed by atoms with Crippen LogP contribution in [0.4, 0.5) is 14.5 Å². The van der Waals surface area contributed by atoms with E-state index in [-0.39, 0.29) is 29.8 Å². The molecule has 1 aromatic carbocycles. The number of halogens is 3. The summed E-state index contributed by atoms with van der Waals surface area (Å²) < 4.78 is 34.3. The summed E-state index contributed by atoms with van der Waals surface area (Å²) in [6, 6.07) is 4.03. The smallest absolute Gasteiger partial charge is 0.395 e. The van der Waals surface area contributed by atoms with E-state index in [1.165, 1.54) is 18.2 Å². The standard InChI is InChI=1S/C13H16F2N2O3.ClH/c1-3-6-12(2,16)11(18)17-8-4-5-9-10(7-8)20-13(14,15)19-9;/h4-5,7H,3,6,16H2,1-2H3,(H,17,18);1H. The highest BCUT2D eigenvalue weighted by atomic mass is 35.5. The SMILES string of the molecule is CCCC(C)(N)C(=O)Nc1ccc2c(c1)OC(F)(F)O2.Cl. The van der Waals surface area contributed by atoms with E-state index < -0.39 is 11.8 Å². The van der Waals surface area contributed by atoms with Crippen LogP contribution < -0.4 is 20.5 Å². The zero-order chi connectivity index (χ0) is 15.0. The van der Waals surface area contributed by atoms with Crippen LogP contribution in [0.1, 0.15) is 26.7 Å². The first-order valence-corrected chi connectivity index (χ1v) is 6.24. The Balaban J connectivity index is 0.00000220. The maximum absolute atomic E-state index is 12.9. The molecule has 0 fully saturated rings. The van der Waals surface area contributed by atoms with Crippen molar-refractivity contribution >= 4 is 24.0 Å². The molecular weight excluding hydrogens is 306 g/mol. The van der Waals surface area contributed by atoms with Crippen molar-refractivity contribution in [3.05, 3.63) is 18.2 Å². The number of hydrogen-bond donors (Lipinski definition) is 2. The van der Waals surface area contributed by atoms with Gasteiger partial charge in [0.25, 0.3) is 0 Å². The summed E-state index contributed by atoms with van der Waals surface area (Å²) in [5.74, 6) is -0.580. The Hall–Kier alpha value is -1.60. The van der Waals surface area contributed by atoms with Gasteiger partial charge in [0.15, 0.2) is 11.5 Å². The van der Waals surface area contributed by atoms with E-state index in [4.69, 9.17) is 5.73 Å². The zero-order valence-corrected chi connectivity index (χ0v) is 12.4. The molecule has 0 bridgehead atoms. The molecule has 2 rings (SSSR count). The fourth-order valence-corrected chi connectivity index (χ4v) is 1.93. The van der Waals surface area contributed by atoms with E-state index >= 15 is 0 Å². The first-order chi connectivity index (χ1) is 9.23. The first-order valence-electron chi connectivity index (χ1n) is 6.24. The van der Waals surface area contributed by atoms with Gasteiger partial charge in [0.1, 0.15) is 0 Å². The minimum absolute atomic E-state index is 0. The van der Waals surface area contributed by atoms with Gasteiger partial charge in [-0.3, -0.25) is 4.79 Å². The molecule has 0 radical (unpaired) electrons. The quantitative estimate of drug-likeness (QED) is 0.894. The molecule has 118 valence electrons. The summed E-state index contributed by atoms with van der Waals surface area (Å²) in [5.41, 5.74) is 5.19. The van der Waals surface area contributed by atoms with Crippen molar-refractivity contribution in [1.29, 1.82) is 0 Å². The van der Waals surface area contributed by atoms with Crippen molar-refractivity contribution < 1.29 is 23.0 Å². The summed E-state index contributed by atoms with van der Waals surface area (Å²) in [7, 11) is 0. The average Bonchev–Trinajstić information content (AvgIpc) is 2.62. The molecule has 1 aromatic rings. The molecule has 1 heterocycles. The number of nitrogens with one attached hydrogen (secondary N) is 1. The molecule has 0 aromatic heterocycles. The normalized spacial score (nSPS) is 17.6. The molecule has 8 heteroatoms. The van der Waals surface area contributed by atoms with Gasteiger partial charge in [-0.15, -0.1) is 21.2 Å². The number of alkyl halides is 2. The molecule has 1 aliphatic heterocycles. The van der Waals surface area contributed by atoms with Gasteiger partial charge in [0.05, 0.1) is 5.54 Å². The molecule has 0 spiro atoms. The highest BCUT2D eigenvalue weighted by Gasteiger charge is 2.43. The highest BCUT2D eigenvalue weighted by molar-refractivity contribution is 5.97. The fraction of sp³-hybridized carbons (Fsp3) is 0.462. The van der Waals surface area contributed by atoms with Gasteiger partial charge >= 0.3 is 6.29 Å². The van der Waals surface area contributed by atoms with Gasteiger partial charge < -0.3 is 20.5 Å². The lowest BCUT2D eigenvalue weighted by Crippen LogP contribution is -2.48. The number of fused-ring (bicyclic) bond motifs is 1. The predicted octanol–water partition coefficient (Wildman–Crippen LogP) is 2.89. The van der Waals surface area contributed by atoms with Crippen LogP contribution in [0.3, 0.4) is 0 Å². The largest absolute Gasteiger partial charge is 0.586 e. The van der Waals surface area contributed by atoms with Crippen molar-refractivity contribution in [3.63, 3.8) is 0 Å². The molecule has 1 amide bonds. The van der Waals surface area contributed by atoms with Gasteiger partial charge in [0, 0.05) is 11.8 Å². The van der Waals surface area contributed by atoms with Gasteiger partial charge in [-0.05, 0) is 25.5 Å². The molecule has 0 aliphatic carbocycles. The molecule has 0 saturated carbocycles. The third-order valence-electron chi connectivity index (χ3n) is 2.95. The fourth-order valence-electron chi connectivity index (χ4n) is 1.93. The lowest BCUT2D eigenvalue weighted by molar-refractivity contribution is -0.286. The Morgan fingerprint density at radius 3 is 2.62 bits per heavy atom. The minimum atomic E-state index is -3.67. The number of rotatable bonds is 4. The Morgan fingerprint density at radius 2 is 2.00 bits per heavy atom. The second-order valence-electron chi connectivity index (χ2n) is 4.95. The number of benzene rings is 1. The molecule has 1 aliphatic rings. The molecular formula is C13H17ClF2N2O3. The number of carbonyl (C=O) groups excluding carboxylic acids is 1. The number of ether oxygens (including phenoxy) is 2. The van der Waals surface area contributed by atoms with Crippen molar-refractivity contribution in [2.75, 3.05) is 5.32 Å². The first kappa shape index (κ1) is 17.5. The number of anilines is 1. The third kappa shape index (κ3) is 3.95. The third-order valence-corrected chi connectivity index (χ3v) is 2.95. The van der Waals surface area contributed by atoms with Crippen molar-refractivity contribution in [3.8, 4) is 11.5 Å². The van der Waals surface area contributed by atoms with E-state index in [1.54, 1.807) is 6.92 Å². The molecule has 0 saturated heterocycles. The molecule has 5 nitrogen and oxygen atoms in total. The lowest BCUT2D eigenvalue weighted by Gasteiger charge is -2.22. The van der Waals surface area contributed by atoms with E-state index in [0.717, 1.165) is 6.42 Å². The maximum Gasteiger partial charge on any atom is 0.586 e. The van der Waals surface area contributed by atoms with Gasteiger partial charge in [0.2, 0.25) is 5.91 Å². The van der Waals surface area contributed by atoms with Crippen LogP contribution >= 0.6 is 12.4 Å². The van der Waals surface area contributed by atoms with Crippen LogP contribution in [0.15, 0.2) is 18.2 Å². The number of carbonyl (C=O) groups is 1. The van der Waals surface area contributed by atoms with Crippen LogP contribution in [0.25, 0.3) is 0 Å². The molecule has 1 atom stereocenters. The summed E-state index contributed by atoms with van der Waals surface area (Å²) in [6.07, 6.45) is -2.40. The lowest BCUT2D eigenvalue weighted by atomic mass is 9.96. The Labute approximate surface area is 127 Å². The van der Waals surface area contributed by atoms with Crippen LogP contribution in [0.2, 0.25) is 0 Å². The summed E-state index contributed by atoms with van der Waals surface area (Å²) in [4.78, 5) is 12.0. The molecule has 21 heavy (non-hydrogen) atoms. The number of hydrogen-bond acceptors (Lipinski definition) is 4.